The van der Waals surface area contributed by atoms with Crippen LogP contribution in [-0.2, 0) is 0 Å². The molecule has 3 aromatic rings. The Kier molecular flexibility index (Phi) is 3.23. The number of fused-ring (bicyclic) bond motifs is 1. The third-order valence-electron chi connectivity index (χ3n) is 3.11. The van der Waals surface area contributed by atoms with Crippen LogP contribution in [0.25, 0.3) is 10.8 Å². The van der Waals surface area contributed by atoms with E-state index < -0.39 is 0 Å². The van der Waals surface area contributed by atoms with Crippen molar-refractivity contribution < 1.29 is 9.18 Å². The minimum Gasteiger partial charge on any atom is -0.399 e. The summed E-state index contributed by atoms with van der Waals surface area (Å²) in [6.07, 6.45) is 1.57. The number of pyridine rings is 1. The number of nitrogens with one attached hydrogen (secondary N) is 1. The second kappa shape index (κ2) is 5.20. The summed E-state index contributed by atoms with van der Waals surface area (Å²) in [7, 11) is 0. The average Bonchev–Trinajstić information content (AvgIpc) is 2.49. The highest BCUT2D eigenvalue weighted by Gasteiger charge is 2.12. The number of nitrogen functional groups attached to an aromatic ring is 1. The van der Waals surface area contributed by atoms with Gasteiger partial charge < -0.3 is 11.1 Å². The van der Waals surface area contributed by atoms with Gasteiger partial charge in [-0.3, -0.25) is 9.78 Å². The molecule has 0 spiro atoms. The molecule has 0 saturated heterocycles. The highest BCUT2D eigenvalue weighted by Crippen LogP contribution is 2.21. The van der Waals surface area contributed by atoms with E-state index in [1.54, 1.807) is 18.3 Å². The number of benzene rings is 2. The van der Waals surface area contributed by atoms with E-state index in [0.29, 0.717) is 16.8 Å². The van der Waals surface area contributed by atoms with E-state index in [2.05, 4.69) is 10.3 Å². The van der Waals surface area contributed by atoms with Crippen LogP contribution >= 0.6 is 0 Å². The molecule has 104 valence electrons. The van der Waals surface area contributed by atoms with Crippen molar-refractivity contribution in [1.82, 2.24) is 4.98 Å². The van der Waals surface area contributed by atoms with Crippen LogP contribution in [0.5, 0.6) is 0 Å². The lowest BCUT2D eigenvalue weighted by molar-refractivity contribution is 0.102. The molecule has 0 saturated carbocycles. The van der Waals surface area contributed by atoms with Gasteiger partial charge in [0.25, 0.3) is 5.91 Å². The topological polar surface area (TPSA) is 68.0 Å². The molecule has 5 heteroatoms. The second-order valence-electron chi connectivity index (χ2n) is 4.60. The Morgan fingerprint density at radius 3 is 2.62 bits per heavy atom. The predicted octanol–water partition coefficient (Wildman–Crippen LogP) is 3.21. The molecule has 0 bridgehead atoms. The first kappa shape index (κ1) is 13.1. The van der Waals surface area contributed by atoms with Gasteiger partial charge in [0.15, 0.2) is 0 Å². The first-order valence-corrected chi connectivity index (χ1v) is 6.34. The molecule has 0 aliphatic heterocycles. The van der Waals surface area contributed by atoms with Crippen LogP contribution in [0.4, 0.5) is 15.8 Å². The molecule has 1 amide bonds. The number of carbonyl (C=O) groups excluding carboxylic acids is 1. The van der Waals surface area contributed by atoms with E-state index in [9.17, 15) is 9.18 Å². The van der Waals surface area contributed by atoms with Crippen molar-refractivity contribution in [1.29, 1.82) is 0 Å². The number of carbonyl (C=O) groups is 1. The van der Waals surface area contributed by atoms with E-state index in [0.717, 1.165) is 5.39 Å². The summed E-state index contributed by atoms with van der Waals surface area (Å²) >= 11 is 0. The van der Waals surface area contributed by atoms with Gasteiger partial charge in [-0.05, 0) is 47.9 Å². The Hall–Kier alpha value is -2.95. The fraction of sp³-hybridized carbons (Fsp3) is 0. The smallest absolute Gasteiger partial charge is 0.274 e. The lowest BCUT2D eigenvalue weighted by atomic mass is 10.1. The summed E-state index contributed by atoms with van der Waals surface area (Å²) in [4.78, 5) is 16.4. The number of hydrogen-bond acceptors (Lipinski definition) is 3. The van der Waals surface area contributed by atoms with E-state index in [1.807, 2.05) is 12.1 Å². The monoisotopic (exact) mass is 281 g/mol. The third-order valence-corrected chi connectivity index (χ3v) is 3.11. The molecule has 3 rings (SSSR count). The van der Waals surface area contributed by atoms with Gasteiger partial charge in [0.05, 0.1) is 0 Å². The average molecular weight is 281 g/mol. The van der Waals surface area contributed by atoms with Crippen LogP contribution < -0.4 is 11.1 Å². The fourth-order valence-electron chi connectivity index (χ4n) is 2.09. The number of nitrogens with two attached hydrogens (primary N) is 1. The summed E-state index contributed by atoms with van der Waals surface area (Å²) in [5.74, 6) is -0.720. The van der Waals surface area contributed by atoms with Crippen molar-refractivity contribution >= 4 is 28.1 Å². The highest BCUT2D eigenvalue weighted by atomic mass is 19.1. The van der Waals surface area contributed by atoms with Crippen molar-refractivity contribution in [3.8, 4) is 0 Å². The zero-order valence-corrected chi connectivity index (χ0v) is 11.0. The van der Waals surface area contributed by atoms with Gasteiger partial charge in [-0.15, -0.1) is 0 Å². The standard InChI is InChI=1S/C16H12FN3O/c17-11-2-5-13(6-3-11)20-16(21)15-14-9-12(18)4-1-10(14)7-8-19-15/h1-9H,18H2,(H,20,21). The second-order valence-corrected chi connectivity index (χ2v) is 4.60. The molecule has 0 fully saturated rings. The van der Waals surface area contributed by atoms with Gasteiger partial charge in [0.1, 0.15) is 11.5 Å². The molecule has 0 atom stereocenters. The van der Waals surface area contributed by atoms with Crippen molar-refractivity contribution in [2.75, 3.05) is 11.1 Å². The number of anilines is 2. The Morgan fingerprint density at radius 1 is 1.10 bits per heavy atom. The van der Waals surface area contributed by atoms with Crippen LogP contribution in [0.3, 0.4) is 0 Å². The van der Waals surface area contributed by atoms with Gasteiger partial charge >= 0.3 is 0 Å². The molecule has 1 heterocycles. The van der Waals surface area contributed by atoms with Crippen molar-refractivity contribution in [3.63, 3.8) is 0 Å². The summed E-state index contributed by atoms with van der Waals surface area (Å²) < 4.78 is 12.9. The quantitative estimate of drug-likeness (QED) is 0.709. The number of halogens is 1. The van der Waals surface area contributed by atoms with Crippen LogP contribution in [0.2, 0.25) is 0 Å². The molecule has 0 aliphatic rings. The van der Waals surface area contributed by atoms with Crippen LogP contribution in [-0.4, -0.2) is 10.9 Å². The Labute approximate surface area is 120 Å². The maximum Gasteiger partial charge on any atom is 0.274 e. The van der Waals surface area contributed by atoms with Crippen molar-refractivity contribution in [2.24, 2.45) is 0 Å². The number of aromatic nitrogens is 1. The Bertz CT molecular complexity index is 815. The van der Waals surface area contributed by atoms with Gasteiger partial charge in [0, 0.05) is 23.0 Å². The summed E-state index contributed by atoms with van der Waals surface area (Å²) in [5, 5.41) is 4.24. The van der Waals surface area contributed by atoms with Crippen LogP contribution in [0.1, 0.15) is 10.5 Å². The molecule has 2 aromatic carbocycles. The van der Waals surface area contributed by atoms with Gasteiger partial charge in [-0.1, -0.05) is 6.07 Å². The minimum absolute atomic E-state index is 0.282. The number of rotatable bonds is 2. The van der Waals surface area contributed by atoms with Crippen LogP contribution in [0.15, 0.2) is 54.7 Å². The maximum absolute atomic E-state index is 12.9. The van der Waals surface area contributed by atoms with E-state index in [1.165, 1.54) is 24.3 Å². The van der Waals surface area contributed by atoms with Crippen LogP contribution in [0, 0.1) is 5.82 Å². The van der Waals surface area contributed by atoms with Gasteiger partial charge in [0.2, 0.25) is 0 Å². The Balaban J connectivity index is 1.97. The molecule has 4 nitrogen and oxygen atoms in total. The van der Waals surface area contributed by atoms with E-state index in [-0.39, 0.29) is 17.4 Å². The molecule has 0 radical (unpaired) electrons. The largest absolute Gasteiger partial charge is 0.399 e. The lowest BCUT2D eigenvalue weighted by Crippen LogP contribution is -2.14. The minimum atomic E-state index is -0.363. The third kappa shape index (κ3) is 2.67. The first-order chi connectivity index (χ1) is 10.1. The predicted molar refractivity (Wildman–Crippen MR) is 80.5 cm³/mol. The molecule has 0 unspecified atom stereocenters. The molecular weight excluding hydrogens is 269 g/mol. The van der Waals surface area contributed by atoms with Gasteiger partial charge in [-0.2, -0.15) is 0 Å². The summed E-state index contributed by atoms with van der Waals surface area (Å²) in [6.45, 7) is 0. The molecule has 3 N–H and O–H groups in total. The van der Waals surface area contributed by atoms with E-state index >= 15 is 0 Å². The van der Waals surface area contributed by atoms with Crippen molar-refractivity contribution in [2.45, 2.75) is 0 Å². The first-order valence-electron chi connectivity index (χ1n) is 6.34. The molecule has 21 heavy (non-hydrogen) atoms. The molecule has 0 aliphatic carbocycles. The molecular formula is C16H12FN3O. The number of amides is 1. The Morgan fingerprint density at radius 2 is 1.86 bits per heavy atom. The normalized spacial score (nSPS) is 10.5. The fourth-order valence-corrected chi connectivity index (χ4v) is 2.09. The number of nitrogens with zero attached hydrogens (tertiary/aromatic N) is 1. The lowest BCUT2D eigenvalue weighted by Gasteiger charge is -2.08. The van der Waals surface area contributed by atoms with Crippen molar-refractivity contribution in [3.05, 3.63) is 66.2 Å². The maximum atomic E-state index is 12.9. The zero-order valence-electron chi connectivity index (χ0n) is 11.0. The highest BCUT2D eigenvalue weighted by molar-refractivity contribution is 6.11. The molecule has 1 aromatic heterocycles. The summed E-state index contributed by atoms with van der Waals surface area (Å²) in [6, 6.07) is 12.7. The summed E-state index contributed by atoms with van der Waals surface area (Å²) in [5.41, 5.74) is 7.11. The number of hydrogen-bond donors (Lipinski definition) is 2. The van der Waals surface area contributed by atoms with Gasteiger partial charge in [-0.25, -0.2) is 4.39 Å². The zero-order chi connectivity index (χ0) is 14.8. The SMILES string of the molecule is Nc1ccc2ccnc(C(=O)Nc3ccc(F)cc3)c2c1. The van der Waals surface area contributed by atoms with E-state index in [4.69, 9.17) is 5.73 Å².